The molecule has 0 radical (unpaired) electrons. The van der Waals surface area contributed by atoms with E-state index in [4.69, 9.17) is 4.99 Å². The molecule has 1 unspecified atom stereocenters. The van der Waals surface area contributed by atoms with E-state index in [0.29, 0.717) is 18.2 Å². The first-order chi connectivity index (χ1) is 11.9. The molecule has 2 aromatic carbocycles. The lowest BCUT2D eigenvalue weighted by atomic mass is 9.87. The van der Waals surface area contributed by atoms with Crippen molar-refractivity contribution in [1.82, 2.24) is 4.90 Å². The average molecular weight is 316 g/mol. The Labute approximate surface area is 144 Å². The lowest BCUT2D eigenvalue weighted by Crippen LogP contribution is -2.27. The second-order valence-corrected chi connectivity index (χ2v) is 7.44. The quantitative estimate of drug-likeness (QED) is 0.741. The molecule has 1 aliphatic carbocycles. The minimum Gasteiger partial charge on any atom is -0.268 e. The van der Waals surface area contributed by atoms with Crippen LogP contribution in [-0.4, -0.2) is 22.8 Å². The maximum atomic E-state index is 5.23. The molecule has 4 atom stereocenters. The van der Waals surface area contributed by atoms with E-state index in [9.17, 15) is 0 Å². The van der Waals surface area contributed by atoms with E-state index >= 15 is 0 Å². The fraction of sp³-hybridized carbons (Fsp3) is 0.409. The molecule has 0 amide bonds. The molecule has 122 valence electrons. The smallest absolute Gasteiger partial charge is 0.106 e. The number of aliphatic imine (C=N–C) groups is 1. The van der Waals surface area contributed by atoms with Gasteiger partial charge in [-0.05, 0) is 29.9 Å². The third kappa shape index (κ3) is 2.32. The Hall–Kier alpha value is -1.93. The predicted molar refractivity (Wildman–Crippen MR) is 98.2 cm³/mol. The maximum absolute atomic E-state index is 5.23. The largest absolute Gasteiger partial charge is 0.268 e. The Bertz CT molecular complexity index is 731. The normalized spacial score (nSPS) is 32.2. The Kier molecular flexibility index (Phi) is 3.52. The Morgan fingerprint density at radius 3 is 2.12 bits per heavy atom. The first-order valence-corrected chi connectivity index (χ1v) is 9.39. The zero-order chi connectivity index (χ0) is 15.9. The standard InChI is InChI=1S/C22H24N2/c1-4-10-16(11-5-1)19-21-20(17-12-6-2-7-13-17)24(21)22(23-19)18-14-8-3-9-15-18/h1-2,4-7,10-13,18,20-22H,3,8-9,14-15H2/t20-,21-,22+,24?/m0/s1. The topological polar surface area (TPSA) is 15.4 Å². The zero-order valence-corrected chi connectivity index (χ0v) is 14.0. The minimum atomic E-state index is 0.399. The summed E-state index contributed by atoms with van der Waals surface area (Å²) in [6.07, 6.45) is 7.26. The van der Waals surface area contributed by atoms with E-state index in [2.05, 4.69) is 65.6 Å². The Morgan fingerprint density at radius 2 is 1.42 bits per heavy atom. The number of fused-ring (bicyclic) bond motifs is 1. The number of hydrogen-bond acceptors (Lipinski definition) is 2. The fourth-order valence-electron chi connectivity index (χ4n) is 4.79. The summed E-state index contributed by atoms with van der Waals surface area (Å²) in [7, 11) is 0. The summed E-state index contributed by atoms with van der Waals surface area (Å²) < 4.78 is 0. The molecule has 0 N–H and O–H groups in total. The number of hydrogen-bond donors (Lipinski definition) is 0. The van der Waals surface area contributed by atoms with Gasteiger partial charge in [-0.2, -0.15) is 0 Å². The van der Waals surface area contributed by atoms with Gasteiger partial charge in [0.2, 0.25) is 0 Å². The van der Waals surface area contributed by atoms with Crippen LogP contribution in [-0.2, 0) is 0 Å². The van der Waals surface area contributed by atoms with Crippen LogP contribution in [0.5, 0.6) is 0 Å². The maximum Gasteiger partial charge on any atom is 0.106 e. The SMILES string of the molecule is c1ccc(C2=N[C@@H](C3CCCCC3)N3[C@@H]2[C@@H]3c2ccccc2)cc1. The molecule has 2 heteroatoms. The monoisotopic (exact) mass is 316 g/mol. The van der Waals surface area contributed by atoms with Crippen molar-refractivity contribution in [2.45, 2.75) is 50.4 Å². The summed E-state index contributed by atoms with van der Waals surface area (Å²) in [5, 5.41) is 0. The summed E-state index contributed by atoms with van der Waals surface area (Å²) in [5.74, 6) is 0.746. The number of nitrogens with zero attached hydrogens (tertiary/aromatic N) is 2. The first kappa shape index (κ1) is 14.4. The lowest BCUT2D eigenvalue weighted by Gasteiger charge is -2.28. The van der Waals surface area contributed by atoms with Crippen molar-refractivity contribution >= 4 is 5.71 Å². The van der Waals surface area contributed by atoms with Crippen molar-refractivity contribution in [3.63, 3.8) is 0 Å². The van der Waals surface area contributed by atoms with Crippen LogP contribution in [0, 0.1) is 5.92 Å². The van der Waals surface area contributed by atoms with Gasteiger partial charge in [-0.3, -0.25) is 9.89 Å². The molecular weight excluding hydrogens is 292 g/mol. The Balaban J connectivity index is 1.50. The van der Waals surface area contributed by atoms with Crippen molar-refractivity contribution in [2.24, 2.45) is 10.9 Å². The van der Waals surface area contributed by atoms with Crippen molar-refractivity contribution in [3.8, 4) is 0 Å². The van der Waals surface area contributed by atoms with Crippen molar-refractivity contribution < 1.29 is 0 Å². The van der Waals surface area contributed by atoms with Crippen molar-refractivity contribution in [2.75, 3.05) is 0 Å². The summed E-state index contributed by atoms with van der Waals surface area (Å²) in [6.45, 7) is 0. The highest BCUT2D eigenvalue weighted by Gasteiger charge is 2.60. The van der Waals surface area contributed by atoms with Crippen LogP contribution in [0.25, 0.3) is 0 Å². The van der Waals surface area contributed by atoms with Crippen LogP contribution in [0.1, 0.15) is 49.3 Å². The molecule has 0 bridgehead atoms. The van der Waals surface area contributed by atoms with Gasteiger partial charge in [0.15, 0.2) is 0 Å². The van der Waals surface area contributed by atoms with E-state index in [0.717, 1.165) is 5.92 Å². The first-order valence-electron chi connectivity index (χ1n) is 9.39. The molecule has 2 nitrogen and oxygen atoms in total. The molecule has 0 aromatic heterocycles. The van der Waals surface area contributed by atoms with E-state index in [-0.39, 0.29) is 0 Å². The average Bonchev–Trinajstić information content (AvgIpc) is 3.28. The number of benzene rings is 2. The highest BCUT2D eigenvalue weighted by molar-refractivity contribution is 6.08. The van der Waals surface area contributed by atoms with Crippen LogP contribution in [0.2, 0.25) is 0 Å². The molecule has 2 fully saturated rings. The van der Waals surface area contributed by atoms with Gasteiger partial charge in [0.25, 0.3) is 0 Å². The molecule has 2 aliphatic heterocycles. The van der Waals surface area contributed by atoms with Crippen molar-refractivity contribution in [3.05, 3.63) is 71.8 Å². The summed E-state index contributed by atoms with van der Waals surface area (Å²) in [4.78, 5) is 7.91. The summed E-state index contributed by atoms with van der Waals surface area (Å²) in [6, 6.07) is 22.8. The third-order valence-corrected chi connectivity index (χ3v) is 5.99. The lowest BCUT2D eigenvalue weighted by molar-refractivity contribution is 0.219. The second kappa shape index (κ2) is 5.86. The molecule has 5 rings (SSSR count). The Morgan fingerprint density at radius 1 is 0.750 bits per heavy atom. The van der Waals surface area contributed by atoms with Gasteiger partial charge in [0.1, 0.15) is 6.17 Å². The van der Waals surface area contributed by atoms with Gasteiger partial charge in [-0.25, -0.2) is 0 Å². The predicted octanol–water partition coefficient (Wildman–Crippen LogP) is 4.82. The van der Waals surface area contributed by atoms with Crippen LogP contribution in [0.4, 0.5) is 0 Å². The van der Waals surface area contributed by atoms with Crippen LogP contribution < -0.4 is 0 Å². The van der Waals surface area contributed by atoms with Crippen LogP contribution in [0.3, 0.4) is 0 Å². The molecule has 24 heavy (non-hydrogen) atoms. The van der Waals surface area contributed by atoms with Gasteiger partial charge in [-0.15, -0.1) is 0 Å². The number of rotatable bonds is 3. The zero-order valence-electron chi connectivity index (χ0n) is 14.0. The van der Waals surface area contributed by atoms with Gasteiger partial charge >= 0.3 is 0 Å². The van der Waals surface area contributed by atoms with E-state index in [1.165, 1.54) is 48.9 Å². The fourth-order valence-corrected chi connectivity index (χ4v) is 4.79. The summed E-state index contributed by atoms with van der Waals surface area (Å²) >= 11 is 0. The van der Waals surface area contributed by atoms with Gasteiger partial charge in [-0.1, -0.05) is 79.9 Å². The molecule has 2 aromatic rings. The minimum absolute atomic E-state index is 0.399. The van der Waals surface area contributed by atoms with Crippen LogP contribution in [0.15, 0.2) is 65.7 Å². The molecule has 3 aliphatic rings. The molecule has 1 saturated heterocycles. The van der Waals surface area contributed by atoms with E-state index < -0.39 is 0 Å². The summed E-state index contributed by atoms with van der Waals surface area (Å²) in [5.41, 5.74) is 4.08. The highest BCUT2D eigenvalue weighted by Crippen LogP contribution is 2.53. The molecule has 0 spiro atoms. The molecule has 1 saturated carbocycles. The van der Waals surface area contributed by atoms with Gasteiger partial charge in [0, 0.05) is 0 Å². The van der Waals surface area contributed by atoms with Crippen LogP contribution >= 0.6 is 0 Å². The van der Waals surface area contributed by atoms with Gasteiger partial charge in [0.05, 0.1) is 17.8 Å². The molecular formula is C22H24N2. The van der Waals surface area contributed by atoms with Crippen molar-refractivity contribution in [1.29, 1.82) is 0 Å². The van der Waals surface area contributed by atoms with E-state index in [1.807, 2.05) is 0 Å². The molecule has 2 heterocycles. The second-order valence-electron chi connectivity index (χ2n) is 7.44. The van der Waals surface area contributed by atoms with E-state index in [1.54, 1.807) is 0 Å². The third-order valence-electron chi connectivity index (χ3n) is 5.99. The highest BCUT2D eigenvalue weighted by atomic mass is 15.5. The van der Waals surface area contributed by atoms with Gasteiger partial charge < -0.3 is 0 Å².